The molecule has 0 unspecified atom stereocenters. The lowest BCUT2D eigenvalue weighted by atomic mass is 9.92. The van der Waals surface area contributed by atoms with E-state index >= 15 is 0 Å². The molecule has 0 bridgehead atoms. The zero-order valence-corrected chi connectivity index (χ0v) is 20.3. The average Bonchev–Trinajstić information content (AvgIpc) is 3.09. The first kappa shape index (κ1) is 23.5. The second kappa shape index (κ2) is 10.1. The minimum atomic E-state index is -0.136. The van der Waals surface area contributed by atoms with Crippen molar-refractivity contribution in [3.8, 4) is 0 Å². The maximum Gasteiger partial charge on any atom is 0.275 e. The Kier molecular flexibility index (Phi) is 7.20. The van der Waals surface area contributed by atoms with E-state index in [-0.39, 0.29) is 11.5 Å². The minimum Gasteiger partial charge on any atom is -0.383 e. The number of carbonyl (C=O) groups is 1. The van der Waals surface area contributed by atoms with Gasteiger partial charge in [-0.05, 0) is 37.3 Å². The fraction of sp³-hybridized carbons (Fsp3) is 0.538. The summed E-state index contributed by atoms with van der Waals surface area (Å²) in [6.07, 6.45) is 3.90. The molecule has 1 aliphatic heterocycles. The Bertz CT molecular complexity index is 1190. The number of aryl methyl sites for hydroxylation is 1. The molecule has 3 heterocycles. The summed E-state index contributed by atoms with van der Waals surface area (Å²) in [6.45, 7) is 9.32. The van der Waals surface area contributed by atoms with Crippen molar-refractivity contribution in [2.75, 3.05) is 39.9 Å². The van der Waals surface area contributed by atoms with Crippen LogP contribution >= 0.6 is 0 Å². The van der Waals surface area contributed by atoms with E-state index in [0.29, 0.717) is 30.8 Å². The van der Waals surface area contributed by atoms with Gasteiger partial charge in [-0.25, -0.2) is 0 Å². The summed E-state index contributed by atoms with van der Waals surface area (Å²) in [7, 11) is 3.49. The Hall–Kier alpha value is -2.64. The van der Waals surface area contributed by atoms with E-state index in [4.69, 9.17) is 4.74 Å². The number of nitrogens with one attached hydrogen (secondary N) is 1. The molecule has 1 fully saturated rings. The number of para-hydroxylation sites is 1. The number of amides is 1. The number of pyridine rings is 1. The Morgan fingerprint density at radius 1 is 1.15 bits per heavy atom. The quantitative estimate of drug-likeness (QED) is 0.533. The molecular formula is C26H36N4O3. The Balaban J connectivity index is 1.58. The van der Waals surface area contributed by atoms with Gasteiger partial charge >= 0.3 is 0 Å². The zero-order chi connectivity index (χ0) is 23.5. The number of rotatable bonds is 8. The Morgan fingerprint density at radius 3 is 2.61 bits per heavy atom. The fourth-order valence-electron chi connectivity index (χ4n) is 5.43. The van der Waals surface area contributed by atoms with Crippen LogP contribution in [0.25, 0.3) is 21.8 Å². The molecule has 0 spiro atoms. The zero-order valence-electron chi connectivity index (χ0n) is 20.3. The van der Waals surface area contributed by atoms with E-state index < -0.39 is 0 Å². The standard InChI is InChI=1S/C26H36N4O3/c1-18-14-19(2)16-29(15-18)11-7-10-27-25(31)21-17-30(12-13-33-4)26(32)24-23(21)20-8-5-6-9-22(20)28(24)3/h5-6,8-9,17-19H,7,10-16H2,1-4H3,(H,27,31)/t18-,19-/m0/s1. The van der Waals surface area contributed by atoms with Gasteiger partial charge in [0.05, 0.1) is 12.2 Å². The first-order valence-corrected chi connectivity index (χ1v) is 12.0. The average molecular weight is 453 g/mol. The molecule has 1 aliphatic rings. The third kappa shape index (κ3) is 4.84. The van der Waals surface area contributed by atoms with Crippen LogP contribution in [0.2, 0.25) is 0 Å². The number of piperidine rings is 1. The lowest BCUT2D eigenvalue weighted by molar-refractivity contribution is 0.0948. The number of hydrogen-bond donors (Lipinski definition) is 1. The second-order valence-corrected chi connectivity index (χ2v) is 9.65. The number of aromatic nitrogens is 2. The van der Waals surface area contributed by atoms with Crippen LogP contribution in [0.5, 0.6) is 0 Å². The summed E-state index contributed by atoms with van der Waals surface area (Å²) in [4.78, 5) is 29.1. The number of hydrogen-bond acceptors (Lipinski definition) is 4. The molecule has 2 aromatic heterocycles. The summed E-state index contributed by atoms with van der Waals surface area (Å²) >= 11 is 0. The van der Waals surface area contributed by atoms with Crippen molar-refractivity contribution >= 4 is 27.7 Å². The molecule has 0 saturated carbocycles. The molecule has 33 heavy (non-hydrogen) atoms. The van der Waals surface area contributed by atoms with Gasteiger partial charge in [0.15, 0.2) is 0 Å². The summed E-state index contributed by atoms with van der Waals surface area (Å²) in [6, 6.07) is 7.86. The molecular weight excluding hydrogens is 416 g/mol. The highest BCUT2D eigenvalue weighted by Gasteiger charge is 2.22. The SMILES string of the molecule is COCCn1cc(C(=O)NCCCN2C[C@@H](C)C[C@H](C)C2)c2c3ccccc3n(C)c2c1=O. The van der Waals surface area contributed by atoms with Gasteiger partial charge in [-0.1, -0.05) is 32.0 Å². The summed E-state index contributed by atoms with van der Waals surface area (Å²) in [5.41, 5.74) is 1.93. The number of methoxy groups -OCH3 is 1. The molecule has 3 aromatic rings. The predicted octanol–water partition coefficient (Wildman–Crippen LogP) is 3.24. The van der Waals surface area contributed by atoms with Crippen LogP contribution in [0.3, 0.4) is 0 Å². The van der Waals surface area contributed by atoms with Crippen molar-refractivity contribution in [1.29, 1.82) is 0 Å². The largest absolute Gasteiger partial charge is 0.383 e. The molecule has 178 valence electrons. The van der Waals surface area contributed by atoms with E-state index in [1.54, 1.807) is 17.9 Å². The van der Waals surface area contributed by atoms with Crippen LogP contribution < -0.4 is 10.9 Å². The monoisotopic (exact) mass is 452 g/mol. The Morgan fingerprint density at radius 2 is 1.88 bits per heavy atom. The molecule has 4 rings (SSSR count). The van der Waals surface area contributed by atoms with E-state index in [2.05, 4.69) is 24.1 Å². The molecule has 0 radical (unpaired) electrons. The van der Waals surface area contributed by atoms with Crippen molar-refractivity contribution in [3.63, 3.8) is 0 Å². The number of likely N-dealkylation sites (tertiary alicyclic amines) is 1. The molecule has 1 aromatic carbocycles. The van der Waals surface area contributed by atoms with Crippen molar-refractivity contribution in [2.24, 2.45) is 18.9 Å². The van der Waals surface area contributed by atoms with Crippen molar-refractivity contribution in [2.45, 2.75) is 33.2 Å². The molecule has 1 amide bonds. The van der Waals surface area contributed by atoms with Crippen LogP contribution in [0.4, 0.5) is 0 Å². The van der Waals surface area contributed by atoms with Crippen LogP contribution in [-0.4, -0.2) is 59.8 Å². The number of fused-ring (bicyclic) bond motifs is 3. The van der Waals surface area contributed by atoms with E-state index in [9.17, 15) is 9.59 Å². The van der Waals surface area contributed by atoms with Gasteiger partial charge in [-0.15, -0.1) is 0 Å². The smallest absolute Gasteiger partial charge is 0.275 e. The summed E-state index contributed by atoms with van der Waals surface area (Å²) in [5.74, 6) is 1.33. The van der Waals surface area contributed by atoms with Gasteiger partial charge in [0.2, 0.25) is 0 Å². The second-order valence-electron chi connectivity index (χ2n) is 9.65. The van der Waals surface area contributed by atoms with Gasteiger partial charge < -0.3 is 24.1 Å². The van der Waals surface area contributed by atoms with Gasteiger partial charge in [-0.2, -0.15) is 0 Å². The lowest BCUT2D eigenvalue weighted by Gasteiger charge is -2.34. The lowest BCUT2D eigenvalue weighted by Crippen LogP contribution is -2.40. The molecule has 7 nitrogen and oxygen atoms in total. The number of nitrogens with zero attached hydrogens (tertiary/aromatic N) is 3. The van der Waals surface area contributed by atoms with Gasteiger partial charge in [0.25, 0.3) is 11.5 Å². The van der Waals surface area contributed by atoms with Crippen molar-refractivity contribution < 1.29 is 9.53 Å². The van der Waals surface area contributed by atoms with E-state index in [0.717, 1.165) is 54.2 Å². The van der Waals surface area contributed by atoms with Crippen LogP contribution in [0.1, 0.15) is 37.0 Å². The maximum absolute atomic E-state index is 13.3. The highest BCUT2D eigenvalue weighted by Crippen LogP contribution is 2.29. The van der Waals surface area contributed by atoms with Crippen molar-refractivity contribution in [1.82, 2.24) is 19.4 Å². The minimum absolute atomic E-state index is 0.106. The highest BCUT2D eigenvalue weighted by molar-refractivity contribution is 6.17. The molecule has 7 heteroatoms. The topological polar surface area (TPSA) is 68.5 Å². The normalized spacial score (nSPS) is 19.4. The Labute approximate surface area is 195 Å². The van der Waals surface area contributed by atoms with Crippen molar-refractivity contribution in [3.05, 3.63) is 46.4 Å². The molecule has 0 aliphatic carbocycles. The van der Waals surface area contributed by atoms with Crippen LogP contribution in [0.15, 0.2) is 35.3 Å². The van der Waals surface area contributed by atoms with Gasteiger partial charge in [0, 0.05) is 62.8 Å². The predicted molar refractivity (Wildman–Crippen MR) is 133 cm³/mol. The fourth-order valence-corrected chi connectivity index (χ4v) is 5.43. The van der Waals surface area contributed by atoms with Gasteiger partial charge in [0.1, 0.15) is 5.52 Å². The van der Waals surface area contributed by atoms with E-state index in [1.807, 2.05) is 35.9 Å². The third-order valence-electron chi connectivity index (χ3n) is 6.79. The van der Waals surface area contributed by atoms with Gasteiger partial charge in [-0.3, -0.25) is 9.59 Å². The number of benzene rings is 1. The van der Waals surface area contributed by atoms with Crippen LogP contribution in [0, 0.1) is 11.8 Å². The summed E-state index contributed by atoms with van der Waals surface area (Å²) in [5, 5.41) is 4.76. The highest BCUT2D eigenvalue weighted by atomic mass is 16.5. The summed E-state index contributed by atoms with van der Waals surface area (Å²) < 4.78 is 8.67. The molecule has 1 N–H and O–H groups in total. The number of carbonyl (C=O) groups excluding carboxylic acids is 1. The third-order valence-corrected chi connectivity index (χ3v) is 6.79. The first-order valence-electron chi connectivity index (χ1n) is 12.0. The first-order chi connectivity index (χ1) is 15.9. The maximum atomic E-state index is 13.3. The molecule has 2 atom stereocenters. The molecule has 1 saturated heterocycles. The van der Waals surface area contributed by atoms with Crippen LogP contribution in [-0.2, 0) is 18.3 Å². The van der Waals surface area contributed by atoms with E-state index in [1.165, 1.54) is 6.42 Å². The number of ether oxygens (including phenoxy) is 1.